The summed E-state index contributed by atoms with van der Waals surface area (Å²) in [5, 5.41) is 0. The van der Waals surface area contributed by atoms with Crippen LogP contribution in [0.5, 0.6) is 23.0 Å². The van der Waals surface area contributed by atoms with Crippen molar-refractivity contribution in [3.8, 4) is 23.0 Å². The third-order valence-electron chi connectivity index (χ3n) is 3.64. The Morgan fingerprint density at radius 2 is 1.72 bits per heavy atom. The summed E-state index contributed by atoms with van der Waals surface area (Å²) in [6.07, 6.45) is -0.505. The summed E-state index contributed by atoms with van der Waals surface area (Å²) < 4.78 is 22.4. The summed E-state index contributed by atoms with van der Waals surface area (Å²) in [5.74, 6) is 0.392. The predicted molar refractivity (Wildman–Crippen MR) is 89.0 cm³/mol. The number of para-hydroxylation sites is 1. The van der Waals surface area contributed by atoms with Crippen LogP contribution in [0.15, 0.2) is 36.4 Å². The van der Waals surface area contributed by atoms with Gasteiger partial charge in [0.05, 0.1) is 5.56 Å². The maximum Gasteiger partial charge on any atom is 0.308 e. The molecule has 0 bridgehead atoms. The number of carbonyl (C=O) groups excluding carboxylic acids is 2. The molecule has 2 aromatic rings. The van der Waals surface area contributed by atoms with E-state index in [9.17, 15) is 9.59 Å². The molecule has 130 valence electrons. The van der Waals surface area contributed by atoms with E-state index in [0.717, 1.165) is 5.56 Å². The maximum absolute atomic E-state index is 11.6. The second-order valence-electron chi connectivity index (χ2n) is 5.47. The van der Waals surface area contributed by atoms with Crippen molar-refractivity contribution in [3.63, 3.8) is 0 Å². The first kappa shape index (κ1) is 17.0. The van der Waals surface area contributed by atoms with Crippen LogP contribution in [0.1, 0.15) is 38.0 Å². The van der Waals surface area contributed by atoms with E-state index in [1.165, 1.54) is 19.9 Å². The van der Waals surface area contributed by atoms with Crippen molar-refractivity contribution in [1.29, 1.82) is 0 Å². The third kappa shape index (κ3) is 3.34. The third-order valence-corrected chi connectivity index (χ3v) is 3.64. The van der Waals surface area contributed by atoms with E-state index in [1.807, 2.05) is 31.2 Å². The second-order valence-corrected chi connectivity index (χ2v) is 5.47. The van der Waals surface area contributed by atoms with Gasteiger partial charge in [0.1, 0.15) is 17.6 Å². The van der Waals surface area contributed by atoms with Crippen LogP contribution in [0.3, 0.4) is 0 Å². The Morgan fingerprint density at radius 1 is 1.00 bits per heavy atom. The van der Waals surface area contributed by atoms with Crippen LogP contribution in [0.25, 0.3) is 0 Å². The van der Waals surface area contributed by atoms with Crippen molar-refractivity contribution in [3.05, 3.63) is 47.5 Å². The summed E-state index contributed by atoms with van der Waals surface area (Å²) in [4.78, 5) is 23.0. The Bertz CT molecular complexity index is 827. The zero-order valence-electron chi connectivity index (χ0n) is 14.2. The van der Waals surface area contributed by atoms with Crippen molar-refractivity contribution in [1.82, 2.24) is 0 Å². The molecule has 6 heteroatoms. The van der Waals surface area contributed by atoms with Gasteiger partial charge in [-0.3, -0.25) is 9.59 Å². The molecule has 1 heterocycles. The molecular formula is C19H18O6. The molecule has 0 aliphatic carbocycles. The van der Waals surface area contributed by atoms with E-state index >= 15 is 0 Å². The number of benzene rings is 2. The van der Waals surface area contributed by atoms with Gasteiger partial charge in [0.25, 0.3) is 0 Å². The first-order valence-electron chi connectivity index (χ1n) is 7.93. The fourth-order valence-electron chi connectivity index (χ4n) is 2.79. The molecule has 0 radical (unpaired) electrons. The van der Waals surface area contributed by atoms with Crippen molar-refractivity contribution in [2.75, 3.05) is 6.61 Å². The maximum atomic E-state index is 11.6. The molecule has 3 rings (SSSR count). The molecule has 1 atom stereocenters. The average molecular weight is 342 g/mol. The number of carbonyl (C=O) groups is 2. The molecule has 0 fully saturated rings. The normalized spacial score (nSPS) is 14.8. The minimum Gasteiger partial charge on any atom is -0.456 e. The largest absolute Gasteiger partial charge is 0.456 e. The minimum atomic E-state index is -0.532. The highest BCUT2D eigenvalue weighted by atomic mass is 16.6. The number of rotatable bonds is 4. The fourth-order valence-corrected chi connectivity index (χ4v) is 2.79. The molecule has 0 aromatic heterocycles. The van der Waals surface area contributed by atoms with Crippen LogP contribution >= 0.6 is 0 Å². The zero-order valence-corrected chi connectivity index (χ0v) is 14.2. The van der Waals surface area contributed by atoms with Crippen molar-refractivity contribution >= 4 is 11.9 Å². The molecular weight excluding hydrogens is 324 g/mol. The Kier molecular flexibility index (Phi) is 4.72. The zero-order chi connectivity index (χ0) is 18.0. The number of esters is 2. The van der Waals surface area contributed by atoms with Gasteiger partial charge in [-0.1, -0.05) is 18.2 Å². The molecule has 1 aliphatic rings. The summed E-state index contributed by atoms with van der Waals surface area (Å²) in [7, 11) is 0. The summed E-state index contributed by atoms with van der Waals surface area (Å²) in [6.45, 7) is 4.88. The molecule has 1 unspecified atom stereocenters. The lowest BCUT2D eigenvalue weighted by atomic mass is 9.95. The molecule has 0 amide bonds. The van der Waals surface area contributed by atoms with Gasteiger partial charge in [-0.15, -0.1) is 0 Å². The van der Waals surface area contributed by atoms with E-state index in [1.54, 1.807) is 6.07 Å². The molecule has 1 aliphatic heterocycles. The molecule has 0 saturated carbocycles. The van der Waals surface area contributed by atoms with Gasteiger partial charge in [-0.05, 0) is 25.1 Å². The smallest absolute Gasteiger partial charge is 0.308 e. The van der Waals surface area contributed by atoms with Gasteiger partial charge in [-0.2, -0.15) is 0 Å². The number of ether oxygens (including phenoxy) is 4. The van der Waals surface area contributed by atoms with Crippen LogP contribution in [0.2, 0.25) is 0 Å². The Hall–Kier alpha value is -2.86. The minimum absolute atomic E-state index is 0.133. The van der Waals surface area contributed by atoms with E-state index < -0.39 is 18.0 Å². The molecule has 25 heavy (non-hydrogen) atoms. The van der Waals surface area contributed by atoms with E-state index in [-0.39, 0.29) is 11.5 Å². The molecule has 0 N–H and O–H groups in total. The van der Waals surface area contributed by atoms with E-state index in [0.29, 0.717) is 23.7 Å². The van der Waals surface area contributed by atoms with Gasteiger partial charge in [0.15, 0.2) is 11.5 Å². The second kappa shape index (κ2) is 6.94. The predicted octanol–water partition coefficient (Wildman–Crippen LogP) is 3.77. The quantitative estimate of drug-likeness (QED) is 0.622. The topological polar surface area (TPSA) is 71.1 Å². The highest BCUT2D eigenvalue weighted by molar-refractivity contribution is 5.76. The Labute approximate surface area is 145 Å². The van der Waals surface area contributed by atoms with Gasteiger partial charge >= 0.3 is 11.9 Å². The number of hydrogen-bond donors (Lipinski definition) is 0. The van der Waals surface area contributed by atoms with Gasteiger partial charge in [0.2, 0.25) is 0 Å². The van der Waals surface area contributed by atoms with Crippen LogP contribution in [-0.4, -0.2) is 18.5 Å². The van der Waals surface area contributed by atoms with E-state index in [2.05, 4.69) is 0 Å². The molecule has 2 aromatic carbocycles. The van der Waals surface area contributed by atoms with Crippen LogP contribution in [-0.2, 0) is 14.3 Å². The van der Waals surface area contributed by atoms with Crippen molar-refractivity contribution in [2.24, 2.45) is 0 Å². The number of fused-ring (bicyclic) bond motifs is 2. The Balaban J connectivity index is 2.20. The van der Waals surface area contributed by atoms with Gasteiger partial charge in [-0.25, -0.2) is 0 Å². The monoisotopic (exact) mass is 342 g/mol. The van der Waals surface area contributed by atoms with Crippen molar-refractivity contribution < 1.29 is 28.5 Å². The first-order valence-corrected chi connectivity index (χ1v) is 7.93. The fraction of sp³-hybridized carbons (Fsp3) is 0.263. The lowest BCUT2D eigenvalue weighted by Crippen LogP contribution is -2.17. The molecule has 0 spiro atoms. The average Bonchev–Trinajstić information content (AvgIpc) is 2.56. The summed E-state index contributed by atoms with van der Waals surface area (Å²) >= 11 is 0. The molecule has 0 saturated heterocycles. The SMILES string of the molecule is CCOC1c2ccccc2Oc2ccc(OC(C)=O)c(OC(C)=O)c21. The Morgan fingerprint density at radius 3 is 2.40 bits per heavy atom. The van der Waals surface area contributed by atoms with Crippen LogP contribution in [0, 0.1) is 0 Å². The number of hydrogen-bond acceptors (Lipinski definition) is 6. The van der Waals surface area contributed by atoms with Gasteiger partial charge < -0.3 is 18.9 Å². The summed E-state index contributed by atoms with van der Waals surface area (Å²) in [6, 6.07) is 10.7. The summed E-state index contributed by atoms with van der Waals surface area (Å²) in [5.41, 5.74) is 1.33. The highest BCUT2D eigenvalue weighted by Gasteiger charge is 2.33. The molecule has 6 nitrogen and oxygen atoms in total. The van der Waals surface area contributed by atoms with Crippen LogP contribution in [0.4, 0.5) is 0 Å². The first-order chi connectivity index (χ1) is 12.0. The van der Waals surface area contributed by atoms with Gasteiger partial charge in [0, 0.05) is 26.0 Å². The standard InChI is InChI=1S/C19H18O6/c1-4-22-18-13-7-5-6-8-14(13)25-15-9-10-16(23-11(2)20)19(17(15)18)24-12(3)21/h5-10,18H,4H2,1-3H3. The lowest BCUT2D eigenvalue weighted by Gasteiger charge is -2.29. The lowest BCUT2D eigenvalue weighted by molar-refractivity contribution is -0.134. The van der Waals surface area contributed by atoms with E-state index in [4.69, 9.17) is 18.9 Å². The highest BCUT2D eigenvalue weighted by Crippen LogP contribution is 2.51. The van der Waals surface area contributed by atoms with Crippen LogP contribution < -0.4 is 14.2 Å². The van der Waals surface area contributed by atoms with Crippen molar-refractivity contribution in [2.45, 2.75) is 26.9 Å².